The lowest BCUT2D eigenvalue weighted by molar-refractivity contribution is -0.141. The van der Waals surface area contributed by atoms with Gasteiger partial charge in [0.15, 0.2) is 0 Å². The first kappa shape index (κ1) is 21.7. The zero-order valence-electron chi connectivity index (χ0n) is 19.8. The molecular weight excluding hydrogens is 438 g/mol. The fraction of sp³-hybridized carbons (Fsp3) is 0.333. The van der Waals surface area contributed by atoms with Crippen molar-refractivity contribution < 1.29 is 19.0 Å². The molecule has 5 nitrogen and oxygen atoms in total. The monoisotopic (exact) mass is 465 g/mol. The van der Waals surface area contributed by atoms with Crippen LogP contribution in [0.25, 0.3) is 11.1 Å². The predicted octanol–water partition coefficient (Wildman–Crippen LogP) is 6.01. The van der Waals surface area contributed by atoms with E-state index in [2.05, 4.69) is 42.5 Å². The van der Waals surface area contributed by atoms with Crippen molar-refractivity contribution in [1.29, 1.82) is 5.26 Å². The molecular formula is C30H27NO4. The third kappa shape index (κ3) is 3.74. The van der Waals surface area contributed by atoms with Crippen LogP contribution in [0, 0.1) is 11.3 Å². The van der Waals surface area contributed by atoms with Crippen molar-refractivity contribution in [3.8, 4) is 28.7 Å². The maximum absolute atomic E-state index is 11.7. The van der Waals surface area contributed by atoms with Gasteiger partial charge in [0.1, 0.15) is 17.6 Å². The summed E-state index contributed by atoms with van der Waals surface area (Å²) in [6, 6.07) is 23.3. The molecule has 6 rings (SSSR count). The van der Waals surface area contributed by atoms with Crippen molar-refractivity contribution in [1.82, 2.24) is 0 Å². The first-order valence-corrected chi connectivity index (χ1v) is 12.2. The topological polar surface area (TPSA) is 68.6 Å². The van der Waals surface area contributed by atoms with Crippen molar-refractivity contribution in [3.05, 3.63) is 82.9 Å². The van der Waals surface area contributed by atoms with Gasteiger partial charge in [0.25, 0.3) is 0 Å². The number of benzene rings is 3. The minimum atomic E-state index is -0.329. The van der Waals surface area contributed by atoms with Crippen LogP contribution >= 0.6 is 0 Å². The maximum atomic E-state index is 11.7. The van der Waals surface area contributed by atoms with Crippen LogP contribution < -0.4 is 9.47 Å². The molecule has 3 aromatic rings. The van der Waals surface area contributed by atoms with Crippen molar-refractivity contribution in [2.45, 2.75) is 49.5 Å². The van der Waals surface area contributed by atoms with Crippen LogP contribution in [0.2, 0.25) is 0 Å². The van der Waals surface area contributed by atoms with Gasteiger partial charge in [-0.2, -0.15) is 5.26 Å². The van der Waals surface area contributed by atoms with Gasteiger partial charge in [-0.25, -0.2) is 0 Å². The van der Waals surface area contributed by atoms with Crippen LogP contribution in [0.1, 0.15) is 60.0 Å². The molecule has 2 unspecified atom stereocenters. The fourth-order valence-electron chi connectivity index (χ4n) is 5.64. The molecule has 1 heterocycles. The molecule has 2 aliphatic carbocycles. The molecule has 176 valence electrons. The summed E-state index contributed by atoms with van der Waals surface area (Å²) in [4.78, 5) is 11.7. The Balaban J connectivity index is 1.27. The second-order valence-corrected chi connectivity index (χ2v) is 9.75. The summed E-state index contributed by atoms with van der Waals surface area (Å²) >= 11 is 0. The summed E-state index contributed by atoms with van der Waals surface area (Å²) in [6.07, 6.45) is 3.99. The van der Waals surface area contributed by atoms with Gasteiger partial charge in [-0.3, -0.25) is 4.79 Å². The Morgan fingerprint density at radius 1 is 1.09 bits per heavy atom. The Morgan fingerprint density at radius 2 is 1.91 bits per heavy atom. The molecule has 2 atom stereocenters. The summed E-state index contributed by atoms with van der Waals surface area (Å²) in [5.41, 5.74) is 6.76. The molecule has 0 amide bonds. The fourth-order valence-corrected chi connectivity index (χ4v) is 5.64. The van der Waals surface area contributed by atoms with Crippen LogP contribution in [-0.4, -0.2) is 19.7 Å². The summed E-state index contributed by atoms with van der Waals surface area (Å²) in [6.45, 7) is 0.479. The first-order chi connectivity index (χ1) is 17.1. The minimum absolute atomic E-state index is 0.0181. The molecule has 3 aliphatic rings. The van der Waals surface area contributed by atoms with E-state index in [1.807, 2.05) is 24.3 Å². The van der Waals surface area contributed by atoms with Crippen molar-refractivity contribution in [3.63, 3.8) is 0 Å². The molecule has 0 radical (unpaired) electrons. The molecule has 35 heavy (non-hydrogen) atoms. The molecule has 3 aromatic carbocycles. The lowest BCUT2D eigenvalue weighted by Gasteiger charge is -2.18. The summed E-state index contributed by atoms with van der Waals surface area (Å²) in [7, 11) is 1.41. The number of rotatable bonds is 6. The van der Waals surface area contributed by atoms with Crippen LogP contribution in [0.5, 0.6) is 11.5 Å². The molecule has 5 heteroatoms. The van der Waals surface area contributed by atoms with Crippen molar-refractivity contribution in [2.75, 3.05) is 13.7 Å². The van der Waals surface area contributed by atoms with Gasteiger partial charge < -0.3 is 14.2 Å². The lowest BCUT2D eigenvalue weighted by Crippen LogP contribution is -2.09. The molecule has 0 N–H and O–H groups in total. The van der Waals surface area contributed by atoms with Crippen molar-refractivity contribution >= 4 is 5.97 Å². The number of nitriles is 1. The normalized spacial score (nSPS) is 20.8. The Hall–Kier alpha value is -3.78. The Kier molecular flexibility index (Phi) is 5.25. The van der Waals surface area contributed by atoms with Crippen LogP contribution in [0.3, 0.4) is 0 Å². The van der Waals surface area contributed by atoms with E-state index < -0.39 is 0 Å². The average molecular weight is 466 g/mol. The maximum Gasteiger partial charge on any atom is 0.306 e. The lowest BCUT2D eigenvalue weighted by atomic mass is 9.86. The number of fused-ring (bicyclic) bond motifs is 2. The Bertz CT molecular complexity index is 1350. The molecule has 1 saturated carbocycles. The van der Waals surface area contributed by atoms with Gasteiger partial charge in [-0.1, -0.05) is 48.5 Å². The molecule has 1 fully saturated rings. The van der Waals surface area contributed by atoms with Gasteiger partial charge in [0.05, 0.1) is 31.6 Å². The van der Waals surface area contributed by atoms with E-state index in [9.17, 15) is 10.1 Å². The number of hydrogen-bond acceptors (Lipinski definition) is 5. The number of nitrogens with zero attached hydrogens (tertiary/aromatic N) is 1. The Labute approximate surface area is 205 Å². The van der Waals surface area contributed by atoms with Gasteiger partial charge in [0, 0.05) is 17.5 Å². The van der Waals surface area contributed by atoms with E-state index in [4.69, 9.17) is 14.2 Å². The third-order valence-electron chi connectivity index (χ3n) is 7.70. The summed E-state index contributed by atoms with van der Waals surface area (Å²) in [5, 5.41) is 9.82. The smallest absolute Gasteiger partial charge is 0.306 e. The number of carbonyl (C=O) groups excluding carboxylic acids is 1. The van der Waals surface area contributed by atoms with Gasteiger partial charge in [-0.15, -0.1) is 0 Å². The minimum Gasteiger partial charge on any atom is -0.492 e. The average Bonchev–Trinajstić information content (AvgIpc) is 3.45. The second kappa shape index (κ2) is 8.46. The quantitative estimate of drug-likeness (QED) is 0.417. The highest BCUT2D eigenvalue weighted by Gasteiger charge is 2.46. The van der Waals surface area contributed by atoms with Crippen LogP contribution in [0.15, 0.2) is 60.7 Å². The zero-order valence-corrected chi connectivity index (χ0v) is 19.8. The van der Waals surface area contributed by atoms with E-state index in [1.165, 1.54) is 29.4 Å². The second-order valence-electron chi connectivity index (χ2n) is 9.75. The van der Waals surface area contributed by atoms with E-state index >= 15 is 0 Å². The number of esters is 1. The zero-order chi connectivity index (χ0) is 24.0. The number of carbonyl (C=O) groups is 1. The third-order valence-corrected chi connectivity index (χ3v) is 7.70. The highest BCUT2D eigenvalue weighted by Crippen LogP contribution is 2.52. The molecule has 1 aliphatic heterocycles. The van der Waals surface area contributed by atoms with Gasteiger partial charge in [-0.05, 0) is 59.6 Å². The predicted molar refractivity (Wildman–Crippen MR) is 131 cm³/mol. The van der Waals surface area contributed by atoms with E-state index in [-0.39, 0.29) is 23.4 Å². The van der Waals surface area contributed by atoms with E-state index in [0.29, 0.717) is 13.0 Å². The highest BCUT2D eigenvalue weighted by molar-refractivity contribution is 5.75. The molecule has 0 bridgehead atoms. The molecule has 0 aromatic heterocycles. The molecule has 0 saturated heterocycles. The standard InChI is InChI=1S/C30H27NO4/c1-33-29(32)15-19-17-34-28-16-20(9-10-21(19)28)35-27-12-11-23-22(6-4-7-25(23)27)24-5-2-3-8-26(24)30(18-31)13-14-30/h2-10,16,19,27H,11-15,17H2,1H3. The van der Waals surface area contributed by atoms with E-state index in [0.717, 1.165) is 48.3 Å². The number of hydrogen-bond donors (Lipinski definition) is 0. The number of ether oxygens (including phenoxy) is 3. The van der Waals surface area contributed by atoms with Gasteiger partial charge in [0.2, 0.25) is 0 Å². The SMILES string of the molecule is COC(=O)CC1COc2cc(OC3CCc4c(-c5ccccc5C5(C#N)CC5)cccc43)ccc21. The van der Waals surface area contributed by atoms with Crippen LogP contribution in [0.4, 0.5) is 0 Å². The largest absolute Gasteiger partial charge is 0.492 e. The summed E-state index contributed by atoms with van der Waals surface area (Å²) < 4.78 is 17.1. The Morgan fingerprint density at radius 3 is 2.71 bits per heavy atom. The summed E-state index contributed by atoms with van der Waals surface area (Å²) in [5.74, 6) is 1.34. The number of methoxy groups -OCH3 is 1. The highest BCUT2D eigenvalue weighted by atomic mass is 16.5. The van der Waals surface area contributed by atoms with Gasteiger partial charge >= 0.3 is 5.97 Å². The molecule has 0 spiro atoms. The first-order valence-electron chi connectivity index (χ1n) is 12.2. The van der Waals surface area contributed by atoms with E-state index in [1.54, 1.807) is 0 Å². The van der Waals surface area contributed by atoms with Crippen LogP contribution in [-0.2, 0) is 21.4 Å². The van der Waals surface area contributed by atoms with Crippen molar-refractivity contribution in [2.24, 2.45) is 0 Å².